The van der Waals surface area contributed by atoms with Gasteiger partial charge in [0.2, 0.25) is 0 Å². The van der Waals surface area contributed by atoms with E-state index in [-0.39, 0.29) is 11.3 Å². The molecular formula is C21H17FO2. The predicted octanol–water partition coefficient (Wildman–Crippen LogP) is 5.27. The van der Waals surface area contributed by atoms with Crippen molar-refractivity contribution in [1.29, 1.82) is 0 Å². The van der Waals surface area contributed by atoms with Gasteiger partial charge in [-0.3, -0.25) is 4.79 Å². The van der Waals surface area contributed by atoms with E-state index < -0.39 is 5.82 Å². The van der Waals surface area contributed by atoms with Gasteiger partial charge >= 0.3 is 0 Å². The van der Waals surface area contributed by atoms with Crippen molar-refractivity contribution in [3.05, 3.63) is 89.7 Å². The fraction of sp³-hybridized carbons (Fsp3) is 0.0952. The standard InChI is InChI=1S/C21H17FO2/c1-15(23)21-19(11-6-12-20(21)22)17-9-5-10-18(13-17)24-14-16-7-3-2-4-8-16/h2-13H,14H2,1H3. The van der Waals surface area contributed by atoms with Crippen LogP contribution in [-0.4, -0.2) is 5.78 Å². The van der Waals surface area contributed by atoms with E-state index in [1.165, 1.54) is 13.0 Å². The van der Waals surface area contributed by atoms with Crippen molar-refractivity contribution in [3.8, 4) is 16.9 Å². The number of carbonyl (C=O) groups excluding carboxylic acids is 1. The van der Waals surface area contributed by atoms with Crippen LogP contribution in [0.1, 0.15) is 22.8 Å². The Morgan fingerprint density at radius 3 is 2.46 bits per heavy atom. The topological polar surface area (TPSA) is 26.3 Å². The lowest BCUT2D eigenvalue weighted by Crippen LogP contribution is -2.01. The molecule has 0 aliphatic rings. The molecule has 0 radical (unpaired) electrons. The number of benzene rings is 3. The lowest BCUT2D eigenvalue weighted by atomic mass is 9.97. The summed E-state index contributed by atoms with van der Waals surface area (Å²) in [5, 5.41) is 0. The molecule has 3 aromatic rings. The average Bonchev–Trinajstić information content (AvgIpc) is 2.60. The van der Waals surface area contributed by atoms with Gasteiger partial charge in [0.15, 0.2) is 5.78 Å². The van der Waals surface area contributed by atoms with Crippen LogP contribution in [0.2, 0.25) is 0 Å². The lowest BCUT2D eigenvalue weighted by Gasteiger charge is -2.11. The summed E-state index contributed by atoms with van der Waals surface area (Å²) in [6.07, 6.45) is 0. The summed E-state index contributed by atoms with van der Waals surface area (Å²) in [6.45, 7) is 1.82. The summed E-state index contributed by atoms with van der Waals surface area (Å²) >= 11 is 0. The minimum Gasteiger partial charge on any atom is -0.489 e. The smallest absolute Gasteiger partial charge is 0.163 e. The molecule has 0 heterocycles. The Morgan fingerprint density at radius 2 is 1.71 bits per heavy atom. The van der Waals surface area contributed by atoms with E-state index in [1.54, 1.807) is 12.1 Å². The third kappa shape index (κ3) is 3.51. The molecule has 0 saturated heterocycles. The Labute approximate surface area is 140 Å². The van der Waals surface area contributed by atoms with Crippen LogP contribution in [0.3, 0.4) is 0 Å². The van der Waals surface area contributed by atoms with Crippen LogP contribution in [0.25, 0.3) is 11.1 Å². The molecule has 0 aliphatic heterocycles. The number of ketones is 1. The molecule has 2 nitrogen and oxygen atoms in total. The monoisotopic (exact) mass is 320 g/mol. The number of hydrogen-bond donors (Lipinski definition) is 0. The summed E-state index contributed by atoms with van der Waals surface area (Å²) in [5.74, 6) is -0.121. The Morgan fingerprint density at radius 1 is 0.958 bits per heavy atom. The zero-order chi connectivity index (χ0) is 16.9. The fourth-order valence-corrected chi connectivity index (χ4v) is 2.62. The summed E-state index contributed by atoms with van der Waals surface area (Å²) in [6, 6.07) is 21.9. The van der Waals surface area contributed by atoms with Crippen LogP contribution in [0, 0.1) is 5.82 Å². The van der Waals surface area contributed by atoms with Crippen molar-refractivity contribution < 1.29 is 13.9 Å². The molecule has 3 aromatic carbocycles. The van der Waals surface area contributed by atoms with Gasteiger partial charge in [0, 0.05) is 0 Å². The van der Waals surface area contributed by atoms with Crippen molar-refractivity contribution in [2.75, 3.05) is 0 Å². The van der Waals surface area contributed by atoms with Crippen LogP contribution in [-0.2, 0) is 6.61 Å². The number of carbonyl (C=O) groups is 1. The number of hydrogen-bond acceptors (Lipinski definition) is 2. The molecule has 3 heteroatoms. The molecule has 24 heavy (non-hydrogen) atoms. The molecule has 120 valence electrons. The van der Waals surface area contributed by atoms with Gasteiger partial charge in [-0.25, -0.2) is 4.39 Å². The fourth-order valence-electron chi connectivity index (χ4n) is 2.62. The SMILES string of the molecule is CC(=O)c1c(F)cccc1-c1cccc(OCc2ccccc2)c1. The van der Waals surface area contributed by atoms with E-state index in [0.29, 0.717) is 17.9 Å². The lowest BCUT2D eigenvalue weighted by molar-refractivity contribution is 0.101. The van der Waals surface area contributed by atoms with Crippen LogP contribution in [0.5, 0.6) is 5.75 Å². The molecule has 0 saturated carbocycles. The third-order valence-corrected chi connectivity index (χ3v) is 3.76. The molecular weight excluding hydrogens is 303 g/mol. The van der Waals surface area contributed by atoms with Gasteiger partial charge in [0.05, 0.1) is 5.56 Å². The zero-order valence-corrected chi connectivity index (χ0v) is 13.3. The molecule has 0 fully saturated rings. The van der Waals surface area contributed by atoms with Gasteiger partial charge < -0.3 is 4.74 Å². The van der Waals surface area contributed by atoms with Crippen molar-refractivity contribution in [1.82, 2.24) is 0 Å². The van der Waals surface area contributed by atoms with Gasteiger partial charge in [-0.1, -0.05) is 54.6 Å². The van der Waals surface area contributed by atoms with Crippen molar-refractivity contribution in [3.63, 3.8) is 0 Å². The van der Waals surface area contributed by atoms with Gasteiger partial charge in [-0.15, -0.1) is 0 Å². The Kier molecular flexibility index (Phi) is 4.71. The highest BCUT2D eigenvalue weighted by Crippen LogP contribution is 2.29. The van der Waals surface area contributed by atoms with Gasteiger partial charge in [-0.2, -0.15) is 0 Å². The maximum Gasteiger partial charge on any atom is 0.163 e. The van der Waals surface area contributed by atoms with Crippen LogP contribution in [0.4, 0.5) is 4.39 Å². The summed E-state index contributed by atoms with van der Waals surface area (Å²) < 4.78 is 19.8. The predicted molar refractivity (Wildman–Crippen MR) is 92.6 cm³/mol. The van der Waals surface area contributed by atoms with E-state index in [1.807, 2.05) is 54.6 Å². The molecule has 0 aromatic heterocycles. The number of halogens is 1. The molecule has 0 unspecified atom stereocenters. The van der Waals surface area contributed by atoms with Gasteiger partial charge in [-0.05, 0) is 41.8 Å². The van der Waals surface area contributed by atoms with Crippen molar-refractivity contribution in [2.45, 2.75) is 13.5 Å². The molecule has 0 aliphatic carbocycles. The second-order valence-corrected chi connectivity index (χ2v) is 5.52. The average molecular weight is 320 g/mol. The first-order chi connectivity index (χ1) is 11.6. The molecule has 0 atom stereocenters. The van der Waals surface area contributed by atoms with E-state index in [4.69, 9.17) is 4.74 Å². The maximum atomic E-state index is 14.0. The second-order valence-electron chi connectivity index (χ2n) is 5.52. The molecule has 0 amide bonds. The number of ether oxygens (including phenoxy) is 1. The van der Waals surface area contributed by atoms with Crippen LogP contribution in [0.15, 0.2) is 72.8 Å². The first-order valence-electron chi connectivity index (χ1n) is 7.72. The Bertz CT molecular complexity index is 857. The molecule has 3 rings (SSSR count). The van der Waals surface area contributed by atoms with Crippen molar-refractivity contribution in [2.24, 2.45) is 0 Å². The maximum absolute atomic E-state index is 14.0. The molecule has 0 N–H and O–H groups in total. The van der Waals surface area contributed by atoms with Crippen LogP contribution < -0.4 is 4.74 Å². The Balaban J connectivity index is 1.89. The second kappa shape index (κ2) is 7.09. The zero-order valence-electron chi connectivity index (χ0n) is 13.3. The van der Waals surface area contributed by atoms with Crippen LogP contribution >= 0.6 is 0 Å². The third-order valence-electron chi connectivity index (χ3n) is 3.76. The minimum atomic E-state index is -0.504. The summed E-state index contributed by atoms with van der Waals surface area (Å²) in [4.78, 5) is 11.8. The highest BCUT2D eigenvalue weighted by molar-refractivity contribution is 6.01. The highest BCUT2D eigenvalue weighted by Gasteiger charge is 2.14. The van der Waals surface area contributed by atoms with Gasteiger partial charge in [0.25, 0.3) is 0 Å². The minimum absolute atomic E-state index is 0.109. The number of Topliss-reactive ketones (excluding diaryl/α,β-unsaturated/α-hetero) is 1. The number of rotatable bonds is 5. The van der Waals surface area contributed by atoms with E-state index >= 15 is 0 Å². The highest BCUT2D eigenvalue weighted by atomic mass is 19.1. The molecule has 0 spiro atoms. The van der Waals surface area contributed by atoms with E-state index in [2.05, 4.69) is 0 Å². The largest absolute Gasteiger partial charge is 0.489 e. The van der Waals surface area contributed by atoms with Crippen molar-refractivity contribution >= 4 is 5.78 Å². The summed E-state index contributed by atoms with van der Waals surface area (Å²) in [5.41, 5.74) is 2.51. The van der Waals surface area contributed by atoms with Gasteiger partial charge in [0.1, 0.15) is 18.2 Å². The normalized spacial score (nSPS) is 10.4. The van der Waals surface area contributed by atoms with E-state index in [9.17, 15) is 9.18 Å². The Hall–Kier alpha value is -2.94. The molecule has 0 bridgehead atoms. The quantitative estimate of drug-likeness (QED) is 0.598. The van der Waals surface area contributed by atoms with E-state index in [0.717, 1.165) is 11.1 Å². The first-order valence-corrected chi connectivity index (χ1v) is 7.72. The first kappa shape index (κ1) is 15.9. The summed E-state index contributed by atoms with van der Waals surface area (Å²) in [7, 11) is 0.